The van der Waals surface area contributed by atoms with Crippen LogP contribution >= 0.6 is 0 Å². The zero-order valence-electron chi connectivity index (χ0n) is 17.9. The summed E-state index contributed by atoms with van der Waals surface area (Å²) in [6, 6.07) is 8.72. The lowest BCUT2D eigenvalue weighted by molar-refractivity contribution is -0.137. The molecule has 1 saturated heterocycles. The van der Waals surface area contributed by atoms with Crippen molar-refractivity contribution in [1.82, 2.24) is 5.32 Å². The fraction of sp³-hybridized carbons (Fsp3) is 0.391. The molecular formula is C23H27F3N4O2. The van der Waals surface area contributed by atoms with Gasteiger partial charge in [0.15, 0.2) is 0 Å². The van der Waals surface area contributed by atoms with Gasteiger partial charge in [-0.25, -0.2) is 4.79 Å². The summed E-state index contributed by atoms with van der Waals surface area (Å²) in [7, 11) is 0. The van der Waals surface area contributed by atoms with Crippen molar-refractivity contribution in [3.05, 3.63) is 53.6 Å². The fourth-order valence-electron chi connectivity index (χ4n) is 3.58. The zero-order valence-corrected chi connectivity index (χ0v) is 17.9. The number of nitrogens with one attached hydrogen (secondary N) is 3. The van der Waals surface area contributed by atoms with E-state index in [9.17, 15) is 22.8 Å². The van der Waals surface area contributed by atoms with Crippen LogP contribution in [0.4, 0.5) is 35.0 Å². The van der Waals surface area contributed by atoms with Gasteiger partial charge in [-0.15, -0.1) is 0 Å². The summed E-state index contributed by atoms with van der Waals surface area (Å²) in [4.78, 5) is 27.3. The van der Waals surface area contributed by atoms with Gasteiger partial charge in [0.25, 0.3) is 5.91 Å². The molecule has 6 nitrogen and oxygen atoms in total. The molecule has 0 bridgehead atoms. The molecule has 0 unspecified atom stereocenters. The Labute approximate surface area is 185 Å². The number of piperidine rings is 1. The van der Waals surface area contributed by atoms with Crippen LogP contribution in [-0.4, -0.2) is 31.6 Å². The number of hydrogen-bond acceptors (Lipinski definition) is 3. The van der Waals surface area contributed by atoms with Gasteiger partial charge in [-0.3, -0.25) is 4.79 Å². The van der Waals surface area contributed by atoms with Gasteiger partial charge in [-0.2, -0.15) is 13.2 Å². The smallest absolute Gasteiger partial charge is 0.371 e. The zero-order chi connectivity index (χ0) is 23.1. The summed E-state index contributed by atoms with van der Waals surface area (Å²) < 4.78 is 38.0. The van der Waals surface area contributed by atoms with Gasteiger partial charge < -0.3 is 20.9 Å². The van der Waals surface area contributed by atoms with E-state index in [1.165, 1.54) is 12.1 Å². The van der Waals surface area contributed by atoms with Gasteiger partial charge in [0.1, 0.15) is 0 Å². The lowest BCUT2D eigenvalue weighted by atomic mass is 10.1. The van der Waals surface area contributed by atoms with Gasteiger partial charge in [0, 0.05) is 36.7 Å². The Morgan fingerprint density at radius 1 is 0.938 bits per heavy atom. The minimum Gasteiger partial charge on any atom is -0.371 e. The van der Waals surface area contributed by atoms with E-state index >= 15 is 0 Å². The number of amides is 3. The van der Waals surface area contributed by atoms with Crippen molar-refractivity contribution < 1.29 is 22.8 Å². The molecule has 172 valence electrons. The highest BCUT2D eigenvalue weighted by molar-refractivity contribution is 6.04. The van der Waals surface area contributed by atoms with Crippen LogP contribution in [0.25, 0.3) is 0 Å². The average molecular weight is 448 g/mol. The van der Waals surface area contributed by atoms with Crippen LogP contribution in [0.3, 0.4) is 0 Å². The van der Waals surface area contributed by atoms with Crippen LogP contribution in [0, 0.1) is 0 Å². The molecule has 0 spiro atoms. The number of hydrogen-bond donors (Lipinski definition) is 3. The molecule has 2 aromatic rings. The quantitative estimate of drug-likeness (QED) is 0.548. The second-order valence-electron chi connectivity index (χ2n) is 7.69. The first-order valence-corrected chi connectivity index (χ1v) is 10.7. The number of urea groups is 1. The molecule has 1 aliphatic heterocycles. The monoisotopic (exact) mass is 448 g/mol. The summed E-state index contributed by atoms with van der Waals surface area (Å²) >= 11 is 0. The number of benzene rings is 2. The molecule has 3 rings (SSSR count). The third-order valence-corrected chi connectivity index (χ3v) is 5.20. The van der Waals surface area contributed by atoms with Crippen LogP contribution < -0.4 is 20.9 Å². The number of carbonyl (C=O) groups is 2. The van der Waals surface area contributed by atoms with Crippen molar-refractivity contribution in [2.75, 3.05) is 35.2 Å². The molecule has 0 aliphatic carbocycles. The SMILES string of the molecule is CCCNC(=O)c1cc(NC(=O)Nc2ccc(C(F)(F)F)cc2)ccc1N1CCCCC1. The van der Waals surface area contributed by atoms with Crippen LogP contribution in [0.15, 0.2) is 42.5 Å². The van der Waals surface area contributed by atoms with E-state index < -0.39 is 17.8 Å². The molecule has 32 heavy (non-hydrogen) atoms. The first kappa shape index (κ1) is 23.4. The largest absolute Gasteiger partial charge is 0.416 e. The molecular weight excluding hydrogens is 421 g/mol. The minimum absolute atomic E-state index is 0.209. The first-order chi connectivity index (χ1) is 15.3. The van der Waals surface area contributed by atoms with Gasteiger partial charge in [0.2, 0.25) is 0 Å². The molecule has 0 atom stereocenters. The van der Waals surface area contributed by atoms with Crippen molar-refractivity contribution in [2.24, 2.45) is 0 Å². The van der Waals surface area contributed by atoms with E-state index in [0.29, 0.717) is 17.8 Å². The highest BCUT2D eigenvalue weighted by atomic mass is 19.4. The highest BCUT2D eigenvalue weighted by Gasteiger charge is 2.30. The van der Waals surface area contributed by atoms with Crippen molar-refractivity contribution in [2.45, 2.75) is 38.8 Å². The Hall–Kier alpha value is -3.23. The van der Waals surface area contributed by atoms with E-state index in [-0.39, 0.29) is 11.6 Å². The molecule has 0 saturated carbocycles. The van der Waals surface area contributed by atoms with Gasteiger partial charge in [0.05, 0.1) is 11.1 Å². The van der Waals surface area contributed by atoms with Crippen LogP contribution in [0.2, 0.25) is 0 Å². The standard InChI is InChI=1S/C23H27F3N4O2/c1-2-12-27-21(31)19-15-18(10-11-20(19)30-13-4-3-5-14-30)29-22(32)28-17-8-6-16(7-9-17)23(24,25)26/h6-11,15H,2-5,12-14H2,1H3,(H,27,31)(H2,28,29,32). The number of halogens is 3. The van der Waals surface area contributed by atoms with E-state index in [2.05, 4.69) is 20.9 Å². The molecule has 1 fully saturated rings. The number of alkyl halides is 3. The normalized spacial score (nSPS) is 14.1. The van der Waals surface area contributed by atoms with Gasteiger partial charge in [-0.05, 0) is 68.1 Å². The predicted octanol–water partition coefficient (Wildman–Crippen LogP) is 5.48. The Balaban J connectivity index is 1.73. The second kappa shape index (κ2) is 10.4. The number of carbonyl (C=O) groups excluding carboxylic acids is 2. The second-order valence-corrected chi connectivity index (χ2v) is 7.69. The van der Waals surface area contributed by atoms with Crippen molar-refractivity contribution >= 4 is 29.0 Å². The fourth-order valence-corrected chi connectivity index (χ4v) is 3.58. The van der Waals surface area contributed by atoms with E-state index in [1.54, 1.807) is 12.1 Å². The maximum Gasteiger partial charge on any atom is 0.416 e. The number of nitrogens with zero attached hydrogens (tertiary/aromatic N) is 1. The van der Waals surface area contributed by atoms with Crippen LogP contribution in [0.5, 0.6) is 0 Å². The van der Waals surface area contributed by atoms with Crippen molar-refractivity contribution in [3.63, 3.8) is 0 Å². The molecule has 3 N–H and O–H groups in total. The van der Waals surface area contributed by atoms with Crippen molar-refractivity contribution in [3.8, 4) is 0 Å². The summed E-state index contributed by atoms with van der Waals surface area (Å²) in [5.41, 5.74) is 1.15. The lowest BCUT2D eigenvalue weighted by Gasteiger charge is -2.30. The summed E-state index contributed by atoms with van der Waals surface area (Å²) in [5, 5.41) is 8.03. The maximum absolute atomic E-state index is 12.8. The summed E-state index contributed by atoms with van der Waals surface area (Å²) in [6.07, 6.45) is -0.349. The molecule has 1 heterocycles. The summed E-state index contributed by atoms with van der Waals surface area (Å²) in [5.74, 6) is -0.209. The molecule has 2 aromatic carbocycles. The topological polar surface area (TPSA) is 73.5 Å². The average Bonchev–Trinajstić information content (AvgIpc) is 2.77. The van der Waals surface area contributed by atoms with E-state index in [0.717, 1.165) is 56.6 Å². The Bertz CT molecular complexity index is 939. The molecule has 1 aliphatic rings. The predicted molar refractivity (Wildman–Crippen MR) is 119 cm³/mol. The molecule has 9 heteroatoms. The maximum atomic E-state index is 12.8. The van der Waals surface area contributed by atoms with Crippen LogP contribution in [-0.2, 0) is 6.18 Å². The Morgan fingerprint density at radius 3 is 2.19 bits per heavy atom. The summed E-state index contributed by atoms with van der Waals surface area (Å²) in [6.45, 7) is 4.25. The Morgan fingerprint density at radius 2 is 1.56 bits per heavy atom. The van der Waals surface area contributed by atoms with Gasteiger partial charge in [-0.1, -0.05) is 6.92 Å². The van der Waals surface area contributed by atoms with E-state index in [1.807, 2.05) is 13.0 Å². The van der Waals surface area contributed by atoms with Crippen molar-refractivity contribution in [1.29, 1.82) is 0 Å². The molecule has 0 radical (unpaired) electrons. The first-order valence-electron chi connectivity index (χ1n) is 10.7. The highest BCUT2D eigenvalue weighted by Crippen LogP contribution is 2.30. The number of rotatable bonds is 6. The van der Waals surface area contributed by atoms with E-state index in [4.69, 9.17) is 0 Å². The third kappa shape index (κ3) is 6.15. The van der Waals surface area contributed by atoms with Crippen LogP contribution in [0.1, 0.15) is 48.5 Å². The molecule has 3 amide bonds. The Kier molecular flexibility index (Phi) is 7.61. The number of anilines is 3. The molecule has 0 aromatic heterocycles. The third-order valence-electron chi connectivity index (χ3n) is 5.20. The van der Waals surface area contributed by atoms with Gasteiger partial charge >= 0.3 is 12.2 Å². The minimum atomic E-state index is -4.44. The lowest BCUT2D eigenvalue weighted by Crippen LogP contribution is -2.33.